The van der Waals surface area contributed by atoms with Gasteiger partial charge >= 0.3 is 0 Å². The number of nitrogens with zero attached hydrogens (tertiary/aromatic N) is 2. The van der Waals surface area contributed by atoms with Gasteiger partial charge in [0.05, 0.1) is 17.2 Å². The average molecular weight is 541 g/mol. The van der Waals surface area contributed by atoms with Crippen molar-refractivity contribution in [2.24, 2.45) is 0 Å². The lowest BCUT2D eigenvalue weighted by molar-refractivity contribution is 0.0931. The van der Waals surface area contributed by atoms with Crippen LogP contribution < -0.4 is 26.6 Å². The molecule has 194 valence electrons. The van der Waals surface area contributed by atoms with Gasteiger partial charge in [0, 0.05) is 49.4 Å². The number of amides is 2. The maximum Gasteiger partial charge on any atom is 0.279 e. The molecule has 1 saturated heterocycles. The molecule has 2 aliphatic rings. The van der Waals surface area contributed by atoms with E-state index in [4.69, 9.17) is 16.3 Å². The zero-order chi connectivity index (χ0) is 25.8. The average Bonchev–Trinajstić information content (AvgIpc) is 3.38. The van der Waals surface area contributed by atoms with Gasteiger partial charge < -0.3 is 15.5 Å². The van der Waals surface area contributed by atoms with Crippen molar-refractivity contribution in [3.63, 3.8) is 0 Å². The number of rotatable bonds is 7. The second-order valence-corrected chi connectivity index (χ2v) is 10.5. The number of ether oxygens (including phenoxy) is 1. The number of fused-ring (bicyclic) bond motifs is 1. The molecule has 0 aliphatic carbocycles. The fraction of sp³-hybridized carbons (Fsp3) is 0.308. The standard InChI is InChI=1S/C26H29ClN6O3S/c1-32(20-9-7-19(27)8-10-20)31-25(35)22-15-21-23(29-30-26(21)37-22)28-24(34)18-5-3-17(4-6-18)16-33-11-2-13-36-14-12-33/h3-10,15,23,29-30H,2,11-14,16H2,1H3,(H,28,34)(H,31,35). The minimum absolute atomic E-state index is 0.193. The molecule has 0 saturated carbocycles. The van der Waals surface area contributed by atoms with Gasteiger partial charge in [0.1, 0.15) is 11.2 Å². The molecule has 1 fully saturated rings. The summed E-state index contributed by atoms with van der Waals surface area (Å²) in [6.45, 7) is 4.36. The van der Waals surface area contributed by atoms with Crippen LogP contribution in [0.4, 0.5) is 10.7 Å². The van der Waals surface area contributed by atoms with Gasteiger partial charge in [-0.25, -0.2) is 5.43 Å². The highest BCUT2D eigenvalue weighted by molar-refractivity contribution is 7.18. The molecule has 1 aromatic heterocycles. The summed E-state index contributed by atoms with van der Waals surface area (Å²) in [6.07, 6.45) is 0.585. The molecule has 3 aromatic rings. The van der Waals surface area contributed by atoms with Gasteiger partial charge in [-0.1, -0.05) is 23.7 Å². The highest BCUT2D eigenvalue weighted by Gasteiger charge is 2.28. The molecule has 0 radical (unpaired) electrons. The van der Waals surface area contributed by atoms with Crippen LogP contribution >= 0.6 is 22.9 Å². The molecule has 0 bridgehead atoms. The molecule has 2 aliphatic heterocycles. The van der Waals surface area contributed by atoms with E-state index in [-0.39, 0.29) is 11.8 Å². The van der Waals surface area contributed by atoms with E-state index in [2.05, 4.69) is 26.5 Å². The third-order valence-corrected chi connectivity index (χ3v) is 7.64. The molecule has 1 atom stereocenters. The van der Waals surface area contributed by atoms with E-state index in [1.807, 2.05) is 36.4 Å². The van der Waals surface area contributed by atoms with Crippen molar-refractivity contribution < 1.29 is 14.3 Å². The number of hydrogen-bond acceptors (Lipinski definition) is 8. The summed E-state index contributed by atoms with van der Waals surface area (Å²) < 4.78 is 5.52. The summed E-state index contributed by atoms with van der Waals surface area (Å²) in [5.74, 6) is -0.433. The van der Waals surface area contributed by atoms with Crippen LogP contribution in [0.5, 0.6) is 0 Å². The minimum Gasteiger partial charge on any atom is -0.380 e. The summed E-state index contributed by atoms with van der Waals surface area (Å²) in [4.78, 5) is 28.7. The molecular formula is C26H29ClN6O3S. The molecule has 2 aromatic carbocycles. The lowest BCUT2D eigenvalue weighted by Gasteiger charge is -2.20. The quantitative estimate of drug-likeness (QED) is 0.339. The van der Waals surface area contributed by atoms with E-state index in [1.165, 1.54) is 16.9 Å². The van der Waals surface area contributed by atoms with Gasteiger partial charge in [0.25, 0.3) is 11.8 Å². The largest absolute Gasteiger partial charge is 0.380 e. The Balaban J connectivity index is 1.18. The predicted octanol–water partition coefficient (Wildman–Crippen LogP) is 3.76. The number of hydrazine groups is 2. The maximum atomic E-state index is 12.9. The Kier molecular flexibility index (Phi) is 7.92. The number of anilines is 2. The van der Waals surface area contributed by atoms with Gasteiger partial charge in [0.15, 0.2) is 0 Å². The minimum atomic E-state index is -0.453. The second-order valence-electron chi connectivity index (χ2n) is 8.99. The lowest BCUT2D eigenvalue weighted by atomic mass is 10.1. The monoisotopic (exact) mass is 540 g/mol. The number of nitrogens with one attached hydrogen (secondary N) is 4. The molecule has 1 unspecified atom stereocenters. The molecule has 2 amide bonds. The van der Waals surface area contributed by atoms with Crippen molar-refractivity contribution in [2.75, 3.05) is 43.8 Å². The van der Waals surface area contributed by atoms with Crippen molar-refractivity contribution in [3.05, 3.63) is 81.2 Å². The van der Waals surface area contributed by atoms with Crippen LogP contribution in [0, 0.1) is 0 Å². The molecule has 5 rings (SSSR count). The van der Waals surface area contributed by atoms with Crippen LogP contribution in [0.1, 0.15) is 43.7 Å². The first-order valence-corrected chi connectivity index (χ1v) is 13.3. The summed E-state index contributed by atoms with van der Waals surface area (Å²) in [7, 11) is 1.76. The third kappa shape index (κ3) is 6.23. The Morgan fingerprint density at radius 1 is 1.11 bits per heavy atom. The van der Waals surface area contributed by atoms with Crippen LogP contribution in [0.2, 0.25) is 5.02 Å². The van der Waals surface area contributed by atoms with Crippen LogP contribution in [0.15, 0.2) is 54.6 Å². The summed E-state index contributed by atoms with van der Waals surface area (Å²) >= 11 is 7.26. The summed E-state index contributed by atoms with van der Waals surface area (Å²) in [6, 6.07) is 16.7. The Morgan fingerprint density at radius 2 is 1.89 bits per heavy atom. The molecule has 37 heavy (non-hydrogen) atoms. The summed E-state index contributed by atoms with van der Waals surface area (Å²) in [5, 5.41) is 6.06. The zero-order valence-corrected chi connectivity index (χ0v) is 22.0. The normalized spacial score (nSPS) is 17.4. The van der Waals surface area contributed by atoms with Gasteiger partial charge in [-0.15, -0.1) is 11.3 Å². The molecule has 11 heteroatoms. The first kappa shape index (κ1) is 25.5. The molecular weight excluding hydrogens is 512 g/mol. The molecule has 3 heterocycles. The van der Waals surface area contributed by atoms with Crippen molar-refractivity contribution in [1.29, 1.82) is 0 Å². The van der Waals surface area contributed by atoms with Crippen LogP contribution in [0.3, 0.4) is 0 Å². The summed E-state index contributed by atoms with van der Waals surface area (Å²) in [5.41, 5.74) is 12.4. The predicted molar refractivity (Wildman–Crippen MR) is 146 cm³/mol. The maximum absolute atomic E-state index is 12.9. The fourth-order valence-corrected chi connectivity index (χ4v) is 5.36. The fourth-order valence-electron chi connectivity index (χ4n) is 4.29. The van der Waals surface area contributed by atoms with Gasteiger partial charge in [-0.3, -0.25) is 24.9 Å². The van der Waals surface area contributed by atoms with E-state index in [1.54, 1.807) is 30.3 Å². The lowest BCUT2D eigenvalue weighted by Crippen LogP contribution is -2.39. The van der Waals surface area contributed by atoms with Crippen molar-refractivity contribution in [1.82, 2.24) is 21.1 Å². The number of carbonyl (C=O) groups is 2. The van der Waals surface area contributed by atoms with Crippen molar-refractivity contribution in [3.8, 4) is 0 Å². The van der Waals surface area contributed by atoms with Crippen LogP contribution in [0.25, 0.3) is 0 Å². The smallest absolute Gasteiger partial charge is 0.279 e. The Hall–Kier alpha value is -3.15. The molecule has 0 spiro atoms. The van der Waals surface area contributed by atoms with Crippen molar-refractivity contribution in [2.45, 2.75) is 19.1 Å². The number of thiophene rings is 1. The Morgan fingerprint density at radius 3 is 2.68 bits per heavy atom. The number of hydrogen-bond donors (Lipinski definition) is 4. The molecule has 4 N–H and O–H groups in total. The van der Waals surface area contributed by atoms with E-state index in [9.17, 15) is 9.59 Å². The molecule has 9 nitrogen and oxygen atoms in total. The second kappa shape index (κ2) is 11.5. The van der Waals surface area contributed by atoms with Gasteiger partial charge in [-0.2, -0.15) is 0 Å². The number of halogens is 1. The first-order chi connectivity index (χ1) is 18.0. The topological polar surface area (TPSA) is 98.0 Å². The highest BCUT2D eigenvalue weighted by Crippen LogP contribution is 2.35. The number of benzene rings is 2. The van der Waals surface area contributed by atoms with Gasteiger partial charge in [0.2, 0.25) is 0 Å². The van der Waals surface area contributed by atoms with Crippen LogP contribution in [-0.4, -0.2) is 50.1 Å². The van der Waals surface area contributed by atoms with E-state index in [0.717, 1.165) is 55.5 Å². The third-order valence-electron chi connectivity index (χ3n) is 6.32. The van der Waals surface area contributed by atoms with Gasteiger partial charge in [-0.05, 0) is 54.4 Å². The van der Waals surface area contributed by atoms with E-state index >= 15 is 0 Å². The zero-order valence-electron chi connectivity index (χ0n) is 20.4. The SMILES string of the molecule is CN(NC(=O)c1cc2c(s1)NNC2NC(=O)c1ccc(CN2CCCOCC2)cc1)c1ccc(Cl)cc1. The Bertz CT molecular complexity index is 1240. The van der Waals surface area contributed by atoms with Crippen LogP contribution in [-0.2, 0) is 11.3 Å². The highest BCUT2D eigenvalue weighted by atomic mass is 35.5. The number of carbonyl (C=O) groups excluding carboxylic acids is 2. The Labute approximate surface area is 224 Å². The van der Waals surface area contributed by atoms with E-state index in [0.29, 0.717) is 15.5 Å². The first-order valence-electron chi connectivity index (χ1n) is 12.1. The van der Waals surface area contributed by atoms with E-state index < -0.39 is 6.17 Å². The van der Waals surface area contributed by atoms with Crippen molar-refractivity contribution >= 4 is 45.4 Å².